The van der Waals surface area contributed by atoms with Gasteiger partial charge in [0.25, 0.3) is 0 Å². The topological polar surface area (TPSA) is 81.7 Å². The van der Waals surface area contributed by atoms with E-state index in [0.29, 0.717) is 6.54 Å². The first-order valence-corrected chi connectivity index (χ1v) is 8.35. The molecule has 0 radical (unpaired) electrons. The molecule has 1 aromatic rings. The van der Waals surface area contributed by atoms with Crippen molar-refractivity contribution in [3.63, 3.8) is 0 Å². The minimum atomic E-state index is -4.51. The van der Waals surface area contributed by atoms with Crippen molar-refractivity contribution in [2.24, 2.45) is 0 Å². The lowest BCUT2D eigenvalue weighted by atomic mass is 9.78. The van der Waals surface area contributed by atoms with E-state index in [1.165, 1.54) is 0 Å². The third-order valence-electron chi connectivity index (χ3n) is 4.52. The molecule has 0 spiro atoms. The summed E-state index contributed by atoms with van der Waals surface area (Å²) < 4.78 is 38.7. The molecule has 1 aromatic carbocycles. The maximum absolute atomic E-state index is 11.2. The molecule has 6 heteroatoms. The Morgan fingerprint density at radius 1 is 1.14 bits per heavy atom. The van der Waals surface area contributed by atoms with Gasteiger partial charge in [-0.2, -0.15) is 14.0 Å². The highest BCUT2D eigenvalue weighted by Crippen LogP contribution is 2.52. The maximum atomic E-state index is 11.2. The molecular weight excluding hydrogens is 294 g/mol. The third-order valence-corrected chi connectivity index (χ3v) is 5.01. The Morgan fingerprint density at radius 2 is 1.76 bits per heavy atom. The maximum Gasteiger partial charge on any atom is 0.303 e. The fraction of sp³-hybridized carbons (Fsp3) is 0.600. The molecule has 0 aromatic heterocycles. The van der Waals surface area contributed by atoms with Crippen molar-refractivity contribution in [1.82, 2.24) is 0 Å². The lowest BCUT2D eigenvalue weighted by molar-refractivity contribution is -1.92. The van der Waals surface area contributed by atoms with Gasteiger partial charge in [0.05, 0.1) is 19.9 Å². The van der Waals surface area contributed by atoms with Gasteiger partial charge in [0, 0.05) is 19.2 Å². The van der Waals surface area contributed by atoms with Gasteiger partial charge in [0.15, 0.2) is 0 Å². The second-order valence-corrected chi connectivity index (χ2v) is 7.00. The monoisotopic (exact) mass is 315 g/mol. The Bertz CT molecular complexity index is 515. The van der Waals surface area contributed by atoms with Gasteiger partial charge in [0.1, 0.15) is 0 Å². The Labute approximate surface area is 127 Å². The van der Waals surface area contributed by atoms with Crippen LogP contribution in [0, 0.1) is 10.2 Å². The van der Waals surface area contributed by atoms with E-state index in [1.54, 1.807) is 6.92 Å². The van der Waals surface area contributed by atoms with Crippen molar-refractivity contribution in [2.45, 2.75) is 51.7 Å². The molecule has 0 aliphatic carbocycles. The summed E-state index contributed by atoms with van der Waals surface area (Å²) >= 11 is 0. The number of halogens is 1. The van der Waals surface area contributed by atoms with E-state index in [1.807, 2.05) is 43.0 Å². The van der Waals surface area contributed by atoms with Crippen molar-refractivity contribution in [3.8, 4) is 0 Å². The number of anilines is 1. The highest BCUT2D eigenvalue weighted by atomic mass is 35.7. The number of fused-ring (bicyclic) bond motifs is 1. The SMILES string of the molecule is CCCCN1c2ccccc2C(C)(C)C1(C)O[Cl+3]([O-])([O-])[O-]. The van der Waals surface area contributed by atoms with E-state index >= 15 is 0 Å². The van der Waals surface area contributed by atoms with Crippen LogP contribution in [0.15, 0.2) is 24.3 Å². The third kappa shape index (κ3) is 2.76. The highest BCUT2D eigenvalue weighted by molar-refractivity contribution is 5.65. The van der Waals surface area contributed by atoms with Gasteiger partial charge in [-0.1, -0.05) is 45.4 Å². The number of para-hydroxylation sites is 1. The van der Waals surface area contributed by atoms with Gasteiger partial charge in [-0.3, -0.25) is 0 Å². The van der Waals surface area contributed by atoms with Crippen LogP contribution in [-0.4, -0.2) is 12.3 Å². The second-order valence-electron chi connectivity index (χ2n) is 6.09. The predicted molar refractivity (Wildman–Crippen MR) is 71.2 cm³/mol. The number of rotatable bonds is 5. The number of hydrogen-bond acceptors (Lipinski definition) is 5. The van der Waals surface area contributed by atoms with Crippen LogP contribution in [0.4, 0.5) is 5.69 Å². The van der Waals surface area contributed by atoms with E-state index in [-0.39, 0.29) is 0 Å². The van der Waals surface area contributed by atoms with Gasteiger partial charge in [0.2, 0.25) is 0 Å². The van der Waals surface area contributed by atoms with Gasteiger partial charge < -0.3 is 4.90 Å². The molecular formula is C15H22ClNO4. The molecule has 0 bridgehead atoms. The molecule has 21 heavy (non-hydrogen) atoms. The van der Waals surface area contributed by atoms with Crippen LogP contribution >= 0.6 is 0 Å². The molecule has 5 nitrogen and oxygen atoms in total. The van der Waals surface area contributed by atoms with Crippen molar-refractivity contribution in [1.29, 1.82) is 0 Å². The average Bonchev–Trinajstić information content (AvgIpc) is 2.52. The second kappa shape index (κ2) is 5.41. The zero-order valence-corrected chi connectivity index (χ0v) is 13.6. The normalized spacial score (nSPS) is 24.2. The molecule has 0 saturated carbocycles. The zero-order valence-electron chi connectivity index (χ0n) is 12.9. The number of nitrogens with zero attached hydrogens (tertiary/aromatic N) is 1. The van der Waals surface area contributed by atoms with Crippen LogP contribution in [0.5, 0.6) is 0 Å². The lowest BCUT2D eigenvalue weighted by Crippen LogP contribution is -2.69. The Balaban J connectivity index is 2.51. The fourth-order valence-corrected chi connectivity index (χ4v) is 3.67. The molecule has 1 aliphatic heterocycles. The van der Waals surface area contributed by atoms with Gasteiger partial charge in [-0.25, -0.2) is 0 Å². The molecule has 0 N–H and O–H groups in total. The largest absolute Gasteiger partial charge is 0.330 e. The standard InChI is InChI=1S/C15H22ClNO4/c1-5-6-11-17-13-10-8-7-9-12(13)14(2,3)15(17,4)21-16(18,19)20/h7-10H,5-6,11H2,1-4H3. The minimum Gasteiger partial charge on any atom is -0.330 e. The molecule has 2 rings (SSSR count). The smallest absolute Gasteiger partial charge is 0.303 e. The molecule has 0 saturated heterocycles. The van der Waals surface area contributed by atoms with Crippen LogP contribution in [0.25, 0.3) is 0 Å². The molecule has 1 aliphatic rings. The van der Waals surface area contributed by atoms with Gasteiger partial charge in [-0.15, -0.1) is 0 Å². The highest BCUT2D eigenvalue weighted by Gasteiger charge is 2.63. The van der Waals surface area contributed by atoms with E-state index < -0.39 is 21.4 Å². The number of hydrogen-bond donors (Lipinski definition) is 0. The zero-order chi connectivity index (χ0) is 15.9. The summed E-state index contributed by atoms with van der Waals surface area (Å²) in [4.78, 5) is 1.90. The Hall–Kier alpha value is -0.850. The number of benzene rings is 1. The molecule has 118 valence electrons. The molecule has 0 amide bonds. The van der Waals surface area contributed by atoms with Crippen LogP contribution in [0.1, 0.15) is 46.1 Å². The average molecular weight is 316 g/mol. The summed E-state index contributed by atoms with van der Waals surface area (Å²) in [6.07, 6.45) is 1.86. The molecule has 1 atom stereocenters. The molecule has 0 fully saturated rings. The summed E-state index contributed by atoms with van der Waals surface area (Å²) in [5.41, 5.74) is 0.0651. The molecule has 1 unspecified atom stereocenters. The van der Waals surface area contributed by atoms with E-state index in [0.717, 1.165) is 24.1 Å². The van der Waals surface area contributed by atoms with Gasteiger partial charge in [-0.05, 0) is 18.1 Å². The lowest BCUT2D eigenvalue weighted by Gasteiger charge is -2.39. The van der Waals surface area contributed by atoms with Crippen LogP contribution in [0.3, 0.4) is 0 Å². The van der Waals surface area contributed by atoms with Crippen LogP contribution < -0.4 is 18.9 Å². The summed E-state index contributed by atoms with van der Waals surface area (Å²) in [7, 11) is -4.51. The fourth-order valence-electron chi connectivity index (χ4n) is 3.03. The summed E-state index contributed by atoms with van der Waals surface area (Å²) in [6.45, 7) is 8.18. The summed E-state index contributed by atoms with van der Waals surface area (Å²) in [6, 6.07) is 7.71. The first kappa shape index (κ1) is 16.5. The van der Waals surface area contributed by atoms with Crippen LogP contribution in [0.2, 0.25) is 0 Å². The van der Waals surface area contributed by atoms with E-state index in [9.17, 15) is 14.0 Å². The summed E-state index contributed by atoms with van der Waals surface area (Å²) in [5, 5.41) is 0. The van der Waals surface area contributed by atoms with Crippen molar-refractivity contribution in [2.75, 3.05) is 11.4 Å². The first-order valence-electron chi connectivity index (χ1n) is 7.12. The predicted octanol–water partition coefficient (Wildman–Crippen LogP) is 0.214. The van der Waals surface area contributed by atoms with E-state index in [2.05, 4.69) is 6.92 Å². The van der Waals surface area contributed by atoms with Crippen molar-refractivity contribution < 1.29 is 28.5 Å². The Kier molecular flexibility index (Phi) is 4.26. The summed E-state index contributed by atoms with van der Waals surface area (Å²) in [5.74, 6) is 0. The van der Waals surface area contributed by atoms with Crippen LogP contribution in [-0.2, 0) is 9.70 Å². The quantitative estimate of drug-likeness (QED) is 0.776. The number of unbranched alkanes of at least 4 members (excludes halogenated alkanes) is 1. The van der Waals surface area contributed by atoms with E-state index in [4.69, 9.17) is 4.29 Å². The Morgan fingerprint density at radius 3 is 2.33 bits per heavy atom. The minimum absolute atomic E-state index is 0.623. The first-order chi connectivity index (χ1) is 9.63. The molecule has 1 heterocycles. The van der Waals surface area contributed by atoms with Gasteiger partial charge >= 0.3 is 5.72 Å². The van der Waals surface area contributed by atoms with Crippen molar-refractivity contribution >= 4 is 5.69 Å². The van der Waals surface area contributed by atoms with Crippen molar-refractivity contribution in [3.05, 3.63) is 29.8 Å².